The summed E-state index contributed by atoms with van der Waals surface area (Å²) in [4.78, 5) is 10.5. The van der Waals surface area contributed by atoms with Crippen LogP contribution in [0.15, 0.2) is 18.2 Å². The molecule has 0 atom stereocenters. The van der Waals surface area contributed by atoms with Crippen LogP contribution in [0, 0.1) is 26.9 Å². The van der Waals surface area contributed by atoms with Crippen LogP contribution < -0.4 is 0 Å². The van der Waals surface area contributed by atoms with Crippen molar-refractivity contribution < 1.29 is 4.92 Å². The molecule has 0 radical (unpaired) electrons. The molecule has 4 nitrogen and oxygen atoms in total. The molecule has 2 rings (SSSR count). The molecule has 0 aromatic heterocycles. The number of hydrogen-bond acceptors (Lipinski definition) is 3. The lowest BCUT2D eigenvalue weighted by Gasteiger charge is -2.35. The Morgan fingerprint density at radius 2 is 2.24 bits per heavy atom. The van der Waals surface area contributed by atoms with Gasteiger partial charge in [0.05, 0.1) is 16.4 Å². The van der Waals surface area contributed by atoms with E-state index in [0.29, 0.717) is 17.0 Å². The molecule has 1 aromatic carbocycles. The van der Waals surface area contributed by atoms with Crippen molar-refractivity contribution in [3.63, 3.8) is 0 Å². The number of nitro benzene ring substituents is 1. The Labute approximate surface area is 104 Å². The standard InChI is InChI=1S/C12H11ClN2O2/c13-10-3-2-9(11(6-10)15(16)17)7-12(8-14)4-1-5-12/h2-3,6H,1,4-5,7H2. The maximum absolute atomic E-state index is 10.9. The number of rotatable bonds is 3. The molecule has 17 heavy (non-hydrogen) atoms. The minimum absolute atomic E-state index is 0.0130. The van der Waals surface area contributed by atoms with E-state index in [-0.39, 0.29) is 5.69 Å². The molecule has 1 aliphatic rings. The van der Waals surface area contributed by atoms with Crippen LogP contribution in [-0.2, 0) is 6.42 Å². The average Bonchev–Trinajstić information content (AvgIpc) is 2.25. The first-order valence-corrected chi connectivity index (χ1v) is 5.78. The van der Waals surface area contributed by atoms with Crippen molar-refractivity contribution in [2.45, 2.75) is 25.7 Å². The number of nitriles is 1. The summed E-state index contributed by atoms with van der Waals surface area (Å²) in [5, 5.41) is 20.4. The predicted molar refractivity (Wildman–Crippen MR) is 63.7 cm³/mol. The van der Waals surface area contributed by atoms with Crippen molar-refractivity contribution >= 4 is 17.3 Å². The summed E-state index contributed by atoms with van der Waals surface area (Å²) in [6, 6.07) is 6.92. The van der Waals surface area contributed by atoms with E-state index in [1.807, 2.05) is 0 Å². The van der Waals surface area contributed by atoms with E-state index < -0.39 is 10.3 Å². The van der Waals surface area contributed by atoms with Gasteiger partial charge in [-0.3, -0.25) is 10.1 Å². The third kappa shape index (κ3) is 2.25. The van der Waals surface area contributed by atoms with Crippen LogP contribution in [0.4, 0.5) is 5.69 Å². The molecular formula is C12H11ClN2O2. The topological polar surface area (TPSA) is 66.9 Å². The maximum atomic E-state index is 10.9. The van der Waals surface area contributed by atoms with Gasteiger partial charge in [-0.2, -0.15) is 5.26 Å². The normalized spacial score (nSPS) is 16.9. The van der Waals surface area contributed by atoms with Gasteiger partial charge in [0.15, 0.2) is 0 Å². The van der Waals surface area contributed by atoms with Crippen molar-refractivity contribution in [3.8, 4) is 6.07 Å². The van der Waals surface area contributed by atoms with E-state index in [2.05, 4.69) is 6.07 Å². The molecular weight excluding hydrogens is 240 g/mol. The second-order valence-electron chi connectivity index (χ2n) is 4.45. The molecule has 0 unspecified atom stereocenters. The Morgan fingerprint density at radius 3 is 2.71 bits per heavy atom. The van der Waals surface area contributed by atoms with Crippen molar-refractivity contribution in [2.24, 2.45) is 5.41 Å². The van der Waals surface area contributed by atoms with Crippen molar-refractivity contribution in [2.75, 3.05) is 0 Å². The highest BCUT2D eigenvalue weighted by Crippen LogP contribution is 2.44. The lowest BCUT2D eigenvalue weighted by atomic mass is 9.66. The van der Waals surface area contributed by atoms with Gasteiger partial charge in [-0.25, -0.2) is 0 Å². The Morgan fingerprint density at radius 1 is 1.53 bits per heavy atom. The highest BCUT2D eigenvalue weighted by atomic mass is 35.5. The minimum atomic E-state index is -0.440. The van der Waals surface area contributed by atoms with E-state index in [1.165, 1.54) is 6.07 Å². The third-order valence-corrected chi connectivity index (χ3v) is 3.56. The van der Waals surface area contributed by atoms with Crippen LogP contribution in [0.3, 0.4) is 0 Å². The van der Waals surface area contributed by atoms with E-state index in [9.17, 15) is 10.1 Å². The molecule has 0 N–H and O–H groups in total. The van der Waals surface area contributed by atoms with Crippen molar-refractivity contribution in [1.82, 2.24) is 0 Å². The zero-order valence-electron chi connectivity index (χ0n) is 9.15. The molecule has 0 bridgehead atoms. The molecule has 0 aliphatic heterocycles. The second kappa shape index (κ2) is 4.34. The smallest absolute Gasteiger partial charge is 0.258 e. The molecule has 0 saturated heterocycles. The lowest BCUT2D eigenvalue weighted by Crippen LogP contribution is -2.30. The summed E-state index contributed by atoms with van der Waals surface area (Å²) in [6.45, 7) is 0. The maximum Gasteiger partial charge on any atom is 0.274 e. The van der Waals surface area contributed by atoms with Gasteiger partial charge in [-0.15, -0.1) is 0 Å². The van der Waals surface area contributed by atoms with E-state index in [0.717, 1.165) is 19.3 Å². The molecule has 1 fully saturated rings. The van der Waals surface area contributed by atoms with Gasteiger partial charge < -0.3 is 0 Å². The van der Waals surface area contributed by atoms with Crippen LogP contribution in [0.25, 0.3) is 0 Å². The van der Waals surface area contributed by atoms with Gasteiger partial charge in [0, 0.05) is 16.7 Å². The summed E-state index contributed by atoms with van der Waals surface area (Å²) in [5.41, 5.74) is 0.207. The molecule has 5 heteroatoms. The second-order valence-corrected chi connectivity index (χ2v) is 4.89. The number of nitro groups is 1. The zero-order chi connectivity index (χ0) is 12.5. The van der Waals surface area contributed by atoms with Gasteiger partial charge in [0.2, 0.25) is 0 Å². The van der Waals surface area contributed by atoms with Gasteiger partial charge in [-0.1, -0.05) is 24.1 Å². The van der Waals surface area contributed by atoms with Crippen LogP contribution in [0.5, 0.6) is 0 Å². The Balaban J connectivity index is 2.33. The van der Waals surface area contributed by atoms with Gasteiger partial charge in [-0.05, 0) is 25.3 Å². The molecule has 0 heterocycles. The molecule has 1 aliphatic carbocycles. The highest BCUT2D eigenvalue weighted by Gasteiger charge is 2.38. The van der Waals surface area contributed by atoms with E-state index in [4.69, 9.17) is 16.9 Å². The van der Waals surface area contributed by atoms with Crippen LogP contribution >= 0.6 is 11.6 Å². The van der Waals surface area contributed by atoms with Gasteiger partial charge in [0.25, 0.3) is 5.69 Å². The summed E-state index contributed by atoms with van der Waals surface area (Å²) in [7, 11) is 0. The number of halogens is 1. The fourth-order valence-corrected chi connectivity index (χ4v) is 2.32. The van der Waals surface area contributed by atoms with E-state index in [1.54, 1.807) is 12.1 Å². The third-order valence-electron chi connectivity index (χ3n) is 3.32. The molecule has 1 aromatic rings. The fourth-order valence-electron chi connectivity index (χ4n) is 2.15. The predicted octanol–water partition coefficient (Wildman–Crippen LogP) is 3.48. The van der Waals surface area contributed by atoms with Crippen LogP contribution in [-0.4, -0.2) is 4.92 Å². The quantitative estimate of drug-likeness (QED) is 0.609. The molecule has 0 amide bonds. The van der Waals surface area contributed by atoms with Crippen LogP contribution in [0.1, 0.15) is 24.8 Å². The summed E-state index contributed by atoms with van der Waals surface area (Å²) in [6.07, 6.45) is 3.11. The molecule has 1 saturated carbocycles. The lowest BCUT2D eigenvalue weighted by molar-refractivity contribution is -0.385. The first-order valence-electron chi connectivity index (χ1n) is 5.40. The van der Waals surface area contributed by atoms with Crippen molar-refractivity contribution in [1.29, 1.82) is 5.26 Å². The largest absolute Gasteiger partial charge is 0.274 e. The summed E-state index contributed by atoms with van der Waals surface area (Å²) in [5.74, 6) is 0. The minimum Gasteiger partial charge on any atom is -0.258 e. The Bertz CT molecular complexity index is 504. The van der Waals surface area contributed by atoms with Crippen molar-refractivity contribution in [3.05, 3.63) is 38.9 Å². The summed E-state index contributed by atoms with van der Waals surface area (Å²) >= 11 is 5.74. The molecule has 0 spiro atoms. The van der Waals surface area contributed by atoms with E-state index >= 15 is 0 Å². The SMILES string of the molecule is N#CC1(Cc2ccc(Cl)cc2[N+](=O)[O-])CCC1. The monoisotopic (exact) mass is 250 g/mol. The summed E-state index contributed by atoms with van der Waals surface area (Å²) < 4.78 is 0. The number of nitrogens with zero attached hydrogens (tertiary/aromatic N) is 2. The highest BCUT2D eigenvalue weighted by molar-refractivity contribution is 6.30. The van der Waals surface area contributed by atoms with Gasteiger partial charge in [0.1, 0.15) is 0 Å². The number of benzene rings is 1. The molecule has 88 valence electrons. The van der Waals surface area contributed by atoms with Gasteiger partial charge >= 0.3 is 0 Å². The fraction of sp³-hybridized carbons (Fsp3) is 0.417. The average molecular weight is 251 g/mol. The number of hydrogen-bond donors (Lipinski definition) is 0. The zero-order valence-corrected chi connectivity index (χ0v) is 9.91. The Kier molecular flexibility index (Phi) is 3.03. The first-order chi connectivity index (χ1) is 8.06. The first kappa shape index (κ1) is 11.9. The van der Waals surface area contributed by atoms with Crippen LogP contribution in [0.2, 0.25) is 5.02 Å². The Hall–Kier alpha value is -1.60.